The highest BCUT2D eigenvalue weighted by molar-refractivity contribution is 9.10. The molecule has 4 aromatic rings. The maximum absolute atomic E-state index is 12.2. The maximum atomic E-state index is 12.2. The van der Waals surface area contributed by atoms with Gasteiger partial charge < -0.3 is 20.5 Å². The number of nitrogens with two attached hydrogens (primary N) is 1. The lowest BCUT2D eigenvalue weighted by molar-refractivity contribution is -0.118. The van der Waals surface area contributed by atoms with Crippen LogP contribution in [0.4, 0.5) is 5.69 Å². The molecule has 0 unspecified atom stereocenters. The van der Waals surface area contributed by atoms with Crippen molar-refractivity contribution < 1.29 is 19.1 Å². The SMILES string of the molecule is NC(=O)c1cccc(Oc2ccc(NC(=O)COc3ccc4cc(Br)ccc4c3)cn2)c1. The summed E-state index contributed by atoms with van der Waals surface area (Å²) < 4.78 is 12.2. The first kappa shape index (κ1) is 21.3. The first-order chi connectivity index (χ1) is 15.5. The number of rotatable bonds is 7. The molecule has 3 N–H and O–H groups in total. The molecule has 1 heterocycles. The Morgan fingerprint density at radius 1 is 0.938 bits per heavy atom. The van der Waals surface area contributed by atoms with Crippen LogP contribution in [0.2, 0.25) is 0 Å². The predicted molar refractivity (Wildman–Crippen MR) is 125 cm³/mol. The number of halogens is 1. The Morgan fingerprint density at radius 2 is 1.75 bits per heavy atom. The van der Waals surface area contributed by atoms with E-state index in [4.69, 9.17) is 15.2 Å². The molecule has 0 saturated heterocycles. The molecule has 160 valence electrons. The van der Waals surface area contributed by atoms with E-state index in [9.17, 15) is 9.59 Å². The van der Waals surface area contributed by atoms with Crippen LogP contribution >= 0.6 is 15.9 Å². The summed E-state index contributed by atoms with van der Waals surface area (Å²) >= 11 is 3.45. The lowest BCUT2D eigenvalue weighted by Gasteiger charge is -2.09. The molecule has 3 aromatic carbocycles. The van der Waals surface area contributed by atoms with Crippen LogP contribution < -0.4 is 20.5 Å². The van der Waals surface area contributed by atoms with Crippen LogP contribution in [0, 0.1) is 0 Å². The second-order valence-corrected chi connectivity index (χ2v) is 7.79. The van der Waals surface area contributed by atoms with Crippen molar-refractivity contribution in [3.8, 4) is 17.4 Å². The third-order valence-corrected chi connectivity index (χ3v) is 5.00. The summed E-state index contributed by atoms with van der Waals surface area (Å²) in [7, 11) is 0. The third kappa shape index (κ3) is 5.41. The van der Waals surface area contributed by atoms with Gasteiger partial charge in [-0.1, -0.05) is 34.1 Å². The van der Waals surface area contributed by atoms with Gasteiger partial charge in [0.25, 0.3) is 5.91 Å². The van der Waals surface area contributed by atoms with Gasteiger partial charge in [0.1, 0.15) is 11.5 Å². The molecule has 8 heteroatoms. The number of ether oxygens (including phenoxy) is 2. The minimum absolute atomic E-state index is 0.139. The topological polar surface area (TPSA) is 104 Å². The fourth-order valence-electron chi connectivity index (χ4n) is 2.98. The number of nitrogens with zero attached hydrogens (tertiary/aromatic N) is 1. The second-order valence-electron chi connectivity index (χ2n) is 6.87. The molecule has 0 spiro atoms. The first-order valence-electron chi connectivity index (χ1n) is 9.62. The first-order valence-corrected chi connectivity index (χ1v) is 10.4. The number of fused-ring (bicyclic) bond motifs is 1. The Hall–Kier alpha value is -3.91. The minimum atomic E-state index is -0.541. The van der Waals surface area contributed by atoms with Crippen molar-refractivity contribution in [2.75, 3.05) is 11.9 Å². The smallest absolute Gasteiger partial charge is 0.262 e. The molecule has 1 aromatic heterocycles. The molecule has 0 radical (unpaired) electrons. The van der Waals surface area contributed by atoms with Crippen LogP contribution in [0.3, 0.4) is 0 Å². The molecule has 0 fully saturated rings. The summed E-state index contributed by atoms with van der Waals surface area (Å²) in [5.41, 5.74) is 6.11. The minimum Gasteiger partial charge on any atom is -0.484 e. The van der Waals surface area contributed by atoms with Crippen molar-refractivity contribution in [2.45, 2.75) is 0 Å². The summed E-state index contributed by atoms with van der Waals surface area (Å²) in [6.45, 7) is -0.139. The number of carbonyl (C=O) groups is 2. The third-order valence-electron chi connectivity index (χ3n) is 4.50. The van der Waals surface area contributed by atoms with Crippen molar-refractivity contribution in [2.24, 2.45) is 5.73 Å². The van der Waals surface area contributed by atoms with Crippen molar-refractivity contribution >= 4 is 44.2 Å². The zero-order valence-corrected chi connectivity index (χ0v) is 18.3. The monoisotopic (exact) mass is 491 g/mol. The van der Waals surface area contributed by atoms with Gasteiger partial charge in [0.05, 0.1) is 11.9 Å². The Kier molecular flexibility index (Phi) is 6.32. The van der Waals surface area contributed by atoms with Gasteiger partial charge in [-0.2, -0.15) is 0 Å². The molecule has 0 aliphatic heterocycles. The maximum Gasteiger partial charge on any atom is 0.262 e. The number of benzene rings is 3. The number of pyridine rings is 1. The number of hydrogen-bond donors (Lipinski definition) is 2. The standard InChI is InChI=1S/C24H18BrN3O4/c25-18-6-4-16-11-20(8-5-15(16)10-18)31-14-22(29)28-19-7-9-23(27-13-19)32-21-3-1-2-17(12-21)24(26)30/h1-13H,14H2,(H2,26,30)(H,28,29). The van der Waals surface area contributed by atoms with Crippen LogP contribution in [0.5, 0.6) is 17.4 Å². The van der Waals surface area contributed by atoms with E-state index >= 15 is 0 Å². The number of primary amides is 1. The highest BCUT2D eigenvalue weighted by atomic mass is 79.9. The summed E-state index contributed by atoms with van der Waals surface area (Å²) in [6.07, 6.45) is 1.47. The number of aromatic nitrogens is 1. The van der Waals surface area contributed by atoms with Crippen LogP contribution in [-0.4, -0.2) is 23.4 Å². The van der Waals surface area contributed by atoms with Gasteiger partial charge in [-0.05, 0) is 59.3 Å². The summed E-state index contributed by atoms with van der Waals surface area (Å²) in [4.78, 5) is 27.7. The van der Waals surface area contributed by atoms with E-state index in [-0.39, 0.29) is 12.5 Å². The molecule has 0 aliphatic rings. The van der Waals surface area contributed by atoms with Crippen LogP contribution in [0.25, 0.3) is 10.8 Å². The summed E-state index contributed by atoms with van der Waals surface area (Å²) in [6, 6.07) is 21.3. The molecule has 4 rings (SSSR count). The van der Waals surface area contributed by atoms with Crippen molar-refractivity contribution in [1.29, 1.82) is 0 Å². The van der Waals surface area contributed by atoms with E-state index in [2.05, 4.69) is 26.2 Å². The molecular formula is C24H18BrN3O4. The van der Waals surface area contributed by atoms with Crippen molar-refractivity contribution in [3.05, 3.63) is 89.0 Å². The van der Waals surface area contributed by atoms with E-state index in [0.29, 0.717) is 28.6 Å². The average Bonchev–Trinajstić information content (AvgIpc) is 2.79. The fourth-order valence-corrected chi connectivity index (χ4v) is 3.36. The number of hydrogen-bond acceptors (Lipinski definition) is 5. The van der Waals surface area contributed by atoms with Gasteiger partial charge in [0.15, 0.2) is 6.61 Å². The number of anilines is 1. The zero-order chi connectivity index (χ0) is 22.5. The molecule has 7 nitrogen and oxygen atoms in total. The highest BCUT2D eigenvalue weighted by Gasteiger charge is 2.07. The van der Waals surface area contributed by atoms with E-state index in [0.717, 1.165) is 15.2 Å². The Balaban J connectivity index is 1.32. The lowest BCUT2D eigenvalue weighted by atomic mass is 10.1. The lowest BCUT2D eigenvalue weighted by Crippen LogP contribution is -2.20. The largest absolute Gasteiger partial charge is 0.484 e. The second kappa shape index (κ2) is 9.49. The quantitative estimate of drug-likeness (QED) is 0.382. The van der Waals surface area contributed by atoms with Crippen LogP contribution in [0.15, 0.2) is 83.5 Å². The molecule has 0 saturated carbocycles. The van der Waals surface area contributed by atoms with E-state index in [1.165, 1.54) is 12.3 Å². The Morgan fingerprint density at radius 3 is 2.53 bits per heavy atom. The normalized spacial score (nSPS) is 10.5. The van der Waals surface area contributed by atoms with E-state index in [1.807, 2.05) is 36.4 Å². The van der Waals surface area contributed by atoms with Gasteiger partial charge in [0, 0.05) is 16.1 Å². The molecule has 32 heavy (non-hydrogen) atoms. The number of carbonyl (C=O) groups excluding carboxylic acids is 2. The summed E-state index contributed by atoms with van der Waals surface area (Å²) in [5, 5.41) is 4.82. The highest BCUT2D eigenvalue weighted by Crippen LogP contribution is 2.24. The average molecular weight is 492 g/mol. The van der Waals surface area contributed by atoms with Crippen molar-refractivity contribution in [1.82, 2.24) is 4.98 Å². The predicted octanol–water partition coefficient (Wildman–Crippen LogP) is 4.91. The Labute approximate surface area is 192 Å². The van der Waals surface area contributed by atoms with Gasteiger partial charge in [-0.15, -0.1) is 0 Å². The van der Waals surface area contributed by atoms with E-state index < -0.39 is 5.91 Å². The summed E-state index contributed by atoms with van der Waals surface area (Å²) in [5.74, 6) is 0.492. The number of amides is 2. The molecule has 2 amide bonds. The van der Waals surface area contributed by atoms with Gasteiger partial charge >= 0.3 is 0 Å². The molecule has 0 atom stereocenters. The van der Waals surface area contributed by atoms with Crippen molar-refractivity contribution in [3.63, 3.8) is 0 Å². The van der Waals surface area contributed by atoms with Crippen LogP contribution in [0.1, 0.15) is 10.4 Å². The van der Waals surface area contributed by atoms with Gasteiger partial charge in [-0.25, -0.2) is 4.98 Å². The fraction of sp³-hybridized carbons (Fsp3) is 0.0417. The molecular weight excluding hydrogens is 474 g/mol. The Bertz CT molecular complexity index is 1290. The zero-order valence-electron chi connectivity index (χ0n) is 16.7. The van der Waals surface area contributed by atoms with Gasteiger partial charge in [-0.3, -0.25) is 9.59 Å². The van der Waals surface area contributed by atoms with E-state index in [1.54, 1.807) is 30.3 Å². The molecule has 0 bridgehead atoms. The van der Waals surface area contributed by atoms with Crippen LogP contribution in [-0.2, 0) is 4.79 Å². The number of nitrogens with one attached hydrogen (secondary N) is 1. The molecule has 0 aliphatic carbocycles. The van der Waals surface area contributed by atoms with Gasteiger partial charge in [0.2, 0.25) is 11.8 Å².